The molecule has 0 aliphatic rings. The number of carbonyl (C=O) groups is 2. The highest BCUT2D eigenvalue weighted by molar-refractivity contribution is 6.09. The number of nitrogens with zero attached hydrogens (tertiary/aromatic N) is 1. The second-order valence-electron chi connectivity index (χ2n) is 7.34. The summed E-state index contributed by atoms with van der Waals surface area (Å²) >= 11 is 0. The number of anilines is 2. The molecule has 2 N–H and O–H groups in total. The van der Waals surface area contributed by atoms with E-state index >= 15 is 0 Å². The van der Waals surface area contributed by atoms with Gasteiger partial charge in [-0.1, -0.05) is 36.4 Å². The van der Waals surface area contributed by atoms with E-state index in [1.165, 1.54) is 6.08 Å². The summed E-state index contributed by atoms with van der Waals surface area (Å²) in [7, 11) is 0. The topological polar surface area (TPSA) is 100 Å². The predicted octanol–water partition coefficient (Wildman–Crippen LogP) is 4.96. The van der Waals surface area contributed by atoms with E-state index in [2.05, 4.69) is 10.6 Å². The van der Waals surface area contributed by atoms with Gasteiger partial charge < -0.3 is 20.1 Å². The molecule has 0 spiro atoms. The number of hydrogen-bond acceptors (Lipinski definition) is 5. The van der Waals surface area contributed by atoms with E-state index < -0.39 is 5.91 Å². The summed E-state index contributed by atoms with van der Waals surface area (Å²) < 4.78 is 11.3. The molecule has 0 aromatic heterocycles. The zero-order chi connectivity index (χ0) is 24.3. The number of nitriles is 1. The highest BCUT2D eigenvalue weighted by Crippen LogP contribution is 2.29. The number of para-hydroxylation sites is 1. The van der Waals surface area contributed by atoms with E-state index in [0.717, 1.165) is 5.56 Å². The Hall–Kier alpha value is -4.57. The van der Waals surface area contributed by atoms with Crippen molar-refractivity contribution in [3.05, 3.63) is 89.5 Å². The average Bonchev–Trinajstić information content (AvgIpc) is 2.82. The summed E-state index contributed by atoms with van der Waals surface area (Å²) in [6.07, 6.45) is 1.47. The maximum absolute atomic E-state index is 12.6. The van der Waals surface area contributed by atoms with Crippen LogP contribution in [0.3, 0.4) is 0 Å². The molecule has 0 atom stereocenters. The summed E-state index contributed by atoms with van der Waals surface area (Å²) in [4.78, 5) is 24.7. The highest BCUT2D eigenvalue weighted by Gasteiger charge is 2.13. The van der Waals surface area contributed by atoms with Crippen LogP contribution in [-0.2, 0) is 9.59 Å². The van der Waals surface area contributed by atoms with Gasteiger partial charge in [0, 0.05) is 11.4 Å². The van der Waals surface area contributed by atoms with Gasteiger partial charge in [0.15, 0.2) is 18.1 Å². The summed E-state index contributed by atoms with van der Waals surface area (Å²) in [6, 6.07) is 23.3. The molecule has 0 saturated heterocycles. The third kappa shape index (κ3) is 6.97. The first-order valence-electron chi connectivity index (χ1n) is 10.7. The van der Waals surface area contributed by atoms with Gasteiger partial charge in [0.2, 0.25) is 0 Å². The van der Waals surface area contributed by atoms with Crippen molar-refractivity contribution in [2.45, 2.75) is 13.8 Å². The van der Waals surface area contributed by atoms with Gasteiger partial charge in [-0.15, -0.1) is 0 Å². The van der Waals surface area contributed by atoms with Gasteiger partial charge in [-0.25, -0.2) is 0 Å². The first-order chi connectivity index (χ1) is 16.5. The molecule has 0 aliphatic heterocycles. The van der Waals surface area contributed by atoms with Crippen LogP contribution in [-0.4, -0.2) is 25.0 Å². The zero-order valence-corrected chi connectivity index (χ0v) is 19.0. The monoisotopic (exact) mass is 455 g/mol. The Bertz CT molecular complexity index is 1230. The molecule has 0 aliphatic carbocycles. The van der Waals surface area contributed by atoms with E-state index in [1.807, 2.05) is 56.3 Å². The Morgan fingerprint density at radius 2 is 1.68 bits per heavy atom. The second-order valence-corrected chi connectivity index (χ2v) is 7.34. The van der Waals surface area contributed by atoms with Crippen molar-refractivity contribution in [3.8, 4) is 17.6 Å². The van der Waals surface area contributed by atoms with Crippen LogP contribution in [0.1, 0.15) is 18.1 Å². The third-order valence-electron chi connectivity index (χ3n) is 4.64. The molecule has 0 fully saturated rings. The fourth-order valence-corrected chi connectivity index (χ4v) is 3.10. The first-order valence-corrected chi connectivity index (χ1v) is 10.7. The smallest absolute Gasteiger partial charge is 0.266 e. The van der Waals surface area contributed by atoms with Crippen molar-refractivity contribution in [3.63, 3.8) is 0 Å². The van der Waals surface area contributed by atoms with Crippen molar-refractivity contribution >= 4 is 29.3 Å². The van der Waals surface area contributed by atoms with Crippen LogP contribution in [0.2, 0.25) is 0 Å². The molecule has 7 nitrogen and oxygen atoms in total. The van der Waals surface area contributed by atoms with E-state index in [9.17, 15) is 14.9 Å². The van der Waals surface area contributed by atoms with E-state index in [1.54, 1.807) is 36.4 Å². The Morgan fingerprint density at radius 3 is 2.38 bits per heavy atom. The second kappa shape index (κ2) is 11.9. The fourth-order valence-electron chi connectivity index (χ4n) is 3.10. The molecule has 2 amide bonds. The van der Waals surface area contributed by atoms with Crippen LogP contribution in [0.15, 0.2) is 78.4 Å². The minimum Gasteiger partial charge on any atom is -0.490 e. The lowest BCUT2D eigenvalue weighted by Gasteiger charge is -2.13. The number of aryl methyl sites for hydroxylation is 1. The molecule has 3 aromatic rings. The number of hydrogen-bond donors (Lipinski definition) is 2. The summed E-state index contributed by atoms with van der Waals surface area (Å²) in [5.41, 5.74) is 2.81. The standard InChI is InChI=1S/C27H25N3O4/c1-3-33-25-16-20(15-21(17-28)27(32)30-23-11-7-8-19(2)14-23)12-13-24(25)34-18-26(31)29-22-9-5-4-6-10-22/h4-16H,3,18H2,1-2H3,(H,29,31)(H,30,32)/b21-15+. The normalized spacial score (nSPS) is 10.7. The highest BCUT2D eigenvalue weighted by atomic mass is 16.5. The van der Waals surface area contributed by atoms with Gasteiger partial charge in [0.1, 0.15) is 11.6 Å². The van der Waals surface area contributed by atoms with Gasteiger partial charge in [-0.3, -0.25) is 9.59 Å². The van der Waals surface area contributed by atoms with Crippen LogP contribution in [0.25, 0.3) is 6.08 Å². The lowest BCUT2D eigenvalue weighted by Crippen LogP contribution is -2.20. The molecule has 0 heterocycles. The number of amides is 2. The largest absolute Gasteiger partial charge is 0.490 e. The van der Waals surface area contributed by atoms with E-state index in [-0.39, 0.29) is 18.1 Å². The minimum absolute atomic E-state index is 0.0557. The molecule has 0 unspecified atom stereocenters. The molecular formula is C27H25N3O4. The Labute approximate surface area is 198 Å². The first kappa shape index (κ1) is 24.1. The summed E-state index contributed by atoms with van der Waals surface area (Å²) in [6.45, 7) is 3.91. The summed E-state index contributed by atoms with van der Waals surface area (Å²) in [5.74, 6) is -0.0359. The lowest BCUT2D eigenvalue weighted by atomic mass is 10.1. The average molecular weight is 456 g/mol. The van der Waals surface area contributed by atoms with Gasteiger partial charge in [-0.2, -0.15) is 5.26 Å². The molecule has 0 bridgehead atoms. The SMILES string of the molecule is CCOc1cc(/C=C(\C#N)C(=O)Nc2cccc(C)c2)ccc1OCC(=O)Nc1ccccc1. The van der Waals surface area contributed by atoms with Gasteiger partial charge >= 0.3 is 0 Å². The fraction of sp³-hybridized carbons (Fsp3) is 0.148. The van der Waals surface area contributed by atoms with Crippen molar-refractivity contribution in [1.82, 2.24) is 0 Å². The molecule has 3 aromatic carbocycles. The van der Waals surface area contributed by atoms with E-state index in [4.69, 9.17) is 9.47 Å². The van der Waals surface area contributed by atoms with Crippen LogP contribution in [0.4, 0.5) is 11.4 Å². The number of nitrogens with one attached hydrogen (secondary N) is 2. The van der Waals surface area contributed by atoms with Crippen LogP contribution in [0.5, 0.6) is 11.5 Å². The molecule has 34 heavy (non-hydrogen) atoms. The lowest BCUT2D eigenvalue weighted by molar-refractivity contribution is -0.118. The van der Waals surface area contributed by atoms with Crippen molar-refractivity contribution in [2.75, 3.05) is 23.8 Å². The van der Waals surface area contributed by atoms with E-state index in [0.29, 0.717) is 35.0 Å². The summed E-state index contributed by atoms with van der Waals surface area (Å²) in [5, 5.41) is 15.0. The van der Waals surface area contributed by atoms with Crippen LogP contribution in [0, 0.1) is 18.3 Å². The van der Waals surface area contributed by atoms with Gasteiger partial charge in [0.25, 0.3) is 11.8 Å². The van der Waals surface area contributed by atoms with Crippen LogP contribution >= 0.6 is 0 Å². The number of ether oxygens (including phenoxy) is 2. The van der Waals surface area contributed by atoms with Crippen LogP contribution < -0.4 is 20.1 Å². The molecule has 0 saturated carbocycles. The molecule has 7 heteroatoms. The molecular weight excluding hydrogens is 430 g/mol. The third-order valence-corrected chi connectivity index (χ3v) is 4.64. The predicted molar refractivity (Wildman–Crippen MR) is 132 cm³/mol. The number of rotatable bonds is 9. The quantitative estimate of drug-likeness (QED) is 0.351. The molecule has 3 rings (SSSR count). The zero-order valence-electron chi connectivity index (χ0n) is 19.0. The van der Waals surface area contributed by atoms with Crippen molar-refractivity contribution in [2.24, 2.45) is 0 Å². The maximum atomic E-state index is 12.6. The van der Waals surface area contributed by atoms with Crippen molar-refractivity contribution < 1.29 is 19.1 Å². The van der Waals surface area contributed by atoms with Crippen molar-refractivity contribution in [1.29, 1.82) is 5.26 Å². The van der Waals surface area contributed by atoms with Gasteiger partial charge in [-0.05, 0) is 67.4 Å². The number of carbonyl (C=O) groups excluding carboxylic acids is 2. The Balaban J connectivity index is 1.71. The van der Waals surface area contributed by atoms with Gasteiger partial charge in [0.05, 0.1) is 6.61 Å². The Kier molecular flexibility index (Phi) is 8.42. The minimum atomic E-state index is -0.510. The Morgan fingerprint density at radius 1 is 0.912 bits per heavy atom. The maximum Gasteiger partial charge on any atom is 0.266 e. The molecule has 172 valence electrons. The molecule has 0 radical (unpaired) electrons. The number of benzene rings is 3.